The van der Waals surface area contributed by atoms with Crippen LogP contribution in [0.1, 0.15) is 30.1 Å². The summed E-state index contributed by atoms with van der Waals surface area (Å²) < 4.78 is 0. The summed E-state index contributed by atoms with van der Waals surface area (Å²) in [5, 5.41) is 13.6. The van der Waals surface area contributed by atoms with Crippen LogP contribution in [0.15, 0.2) is 24.3 Å². The molecule has 0 heterocycles. The number of rotatable bonds is 11. The number of hydrogen-bond acceptors (Lipinski definition) is 5. The minimum absolute atomic E-state index is 0.115. The Balaban J connectivity index is 2.31. The van der Waals surface area contributed by atoms with E-state index in [4.69, 9.17) is 0 Å². The van der Waals surface area contributed by atoms with Crippen LogP contribution >= 0.6 is 0 Å². The Morgan fingerprint density at radius 1 is 1.07 bits per heavy atom. The molecule has 10 heteroatoms. The summed E-state index contributed by atoms with van der Waals surface area (Å²) in [4.78, 5) is 46.4. The average Bonchev–Trinajstić information content (AvgIpc) is 2.68. The lowest BCUT2D eigenvalue weighted by molar-refractivity contribution is -0.128. The number of hydrogen-bond donors (Lipinski definition) is 5. The van der Waals surface area contributed by atoms with E-state index in [1.807, 2.05) is 6.82 Å². The molecule has 0 unspecified atom stereocenters. The first-order chi connectivity index (χ1) is 13.4. The summed E-state index contributed by atoms with van der Waals surface area (Å²) in [6.07, 6.45) is 0.347. The second-order valence-electron chi connectivity index (χ2n) is 6.12. The number of amides is 4. The van der Waals surface area contributed by atoms with E-state index < -0.39 is 6.04 Å². The molecule has 4 amide bonds. The summed E-state index contributed by atoms with van der Waals surface area (Å²) in [5.74, 6) is -0.972. The maximum Gasteiger partial charge on any atom is 0.242 e. The average molecular weight is 389 g/mol. The molecule has 0 bridgehead atoms. The van der Waals surface area contributed by atoms with Gasteiger partial charge >= 0.3 is 0 Å². The van der Waals surface area contributed by atoms with E-state index >= 15 is 0 Å². The smallest absolute Gasteiger partial charge is 0.242 e. The second kappa shape index (κ2) is 12.4. The topological polar surface area (TPSA) is 128 Å². The molecule has 0 aliphatic carbocycles. The summed E-state index contributed by atoms with van der Waals surface area (Å²) in [6.45, 7) is 4.10. The van der Waals surface area contributed by atoms with Crippen molar-refractivity contribution in [2.24, 2.45) is 0 Å². The van der Waals surface area contributed by atoms with Gasteiger partial charge in [0.25, 0.3) is 0 Å². The third kappa shape index (κ3) is 8.57. The van der Waals surface area contributed by atoms with Gasteiger partial charge in [-0.05, 0) is 30.7 Å². The van der Waals surface area contributed by atoms with E-state index in [1.54, 1.807) is 24.3 Å². The molecule has 0 aliphatic rings. The largest absolute Gasteiger partial charge is 0.399 e. The Morgan fingerprint density at radius 2 is 1.75 bits per heavy atom. The van der Waals surface area contributed by atoms with Crippen molar-refractivity contribution in [1.29, 1.82) is 0 Å². The molecule has 5 N–H and O–H groups in total. The lowest BCUT2D eigenvalue weighted by Crippen LogP contribution is -2.45. The molecule has 1 rings (SSSR count). The quantitative estimate of drug-likeness (QED) is 0.254. The standard InChI is InChI=1S/C18H28BN5O4/c1-12(25)23-15(18(28)20-3)8-9-16(26)22-11-10-21-14-6-4-13(5-7-14)17(27)24-19-2/h4-7,15,19,21H,8-11H2,1-3H3,(H,20,28)(H,22,26)(H,23,25)(H,24,27)/t15-/m0/s1. The first-order valence-electron chi connectivity index (χ1n) is 9.24. The first-order valence-corrected chi connectivity index (χ1v) is 9.24. The van der Waals surface area contributed by atoms with Crippen LogP contribution in [0.5, 0.6) is 0 Å². The highest BCUT2D eigenvalue weighted by Crippen LogP contribution is 2.09. The van der Waals surface area contributed by atoms with Crippen LogP contribution in [0.3, 0.4) is 0 Å². The Labute approximate surface area is 165 Å². The van der Waals surface area contributed by atoms with E-state index in [0.29, 0.717) is 26.1 Å². The van der Waals surface area contributed by atoms with Crippen molar-refractivity contribution in [2.45, 2.75) is 32.6 Å². The van der Waals surface area contributed by atoms with Crippen LogP contribution in [0.2, 0.25) is 6.82 Å². The SMILES string of the molecule is CBNC(=O)c1ccc(NCCNC(=O)CC[C@H](NC(C)=O)C(=O)NC)cc1. The fourth-order valence-electron chi connectivity index (χ4n) is 2.46. The molecule has 0 radical (unpaired) electrons. The molecule has 0 aromatic heterocycles. The van der Waals surface area contributed by atoms with Gasteiger partial charge in [-0.1, -0.05) is 6.82 Å². The number of anilines is 1. The molecule has 152 valence electrons. The van der Waals surface area contributed by atoms with Gasteiger partial charge in [0.1, 0.15) is 6.04 Å². The van der Waals surface area contributed by atoms with Gasteiger partial charge in [0.2, 0.25) is 31.0 Å². The summed E-state index contributed by atoms with van der Waals surface area (Å²) >= 11 is 0. The van der Waals surface area contributed by atoms with Crippen molar-refractivity contribution in [1.82, 2.24) is 21.2 Å². The highest BCUT2D eigenvalue weighted by molar-refractivity contribution is 6.36. The number of benzene rings is 1. The van der Waals surface area contributed by atoms with E-state index in [-0.39, 0.29) is 36.5 Å². The Kier molecular flexibility index (Phi) is 10.2. The van der Waals surface area contributed by atoms with Gasteiger partial charge in [0.05, 0.1) is 0 Å². The van der Waals surface area contributed by atoms with Crippen LogP contribution in [0.25, 0.3) is 0 Å². The molecule has 9 nitrogen and oxygen atoms in total. The number of nitrogens with one attached hydrogen (secondary N) is 5. The van der Waals surface area contributed by atoms with Crippen molar-refractivity contribution in [2.75, 3.05) is 25.5 Å². The monoisotopic (exact) mass is 389 g/mol. The lowest BCUT2D eigenvalue weighted by atomic mass is 9.99. The number of carbonyl (C=O) groups is 4. The molecule has 0 saturated carbocycles. The van der Waals surface area contributed by atoms with Crippen LogP contribution in [-0.2, 0) is 14.4 Å². The second-order valence-corrected chi connectivity index (χ2v) is 6.12. The van der Waals surface area contributed by atoms with Gasteiger partial charge in [-0.25, -0.2) is 0 Å². The minimum Gasteiger partial charge on any atom is -0.399 e. The molecule has 1 aromatic carbocycles. The van der Waals surface area contributed by atoms with Gasteiger partial charge in [-0.3, -0.25) is 19.2 Å². The Bertz CT molecular complexity index is 681. The molecule has 0 spiro atoms. The van der Waals surface area contributed by atoms with Crippen molar-refractivity contribution in [3.05, 3.63) is 29.8 Å². The predicted molar refractivity (Wildman–Crippen MR) is 109 cm³/mol. The number of carbonyl (C=O) groups excluding carboxylic acids is 4. The molecule has 0 aliphatic heterocycles. The summed E-state index contributed by atoms with van der Waals surface area (Å²) in [6, 6.07) is 6.33. The van der Waals surface area contributed by atoms with Gasteiger partial charge in [0.15, 0.2) is 0 Å². The molecule has 1 atom stereocenters. The Morgan fingerprint density at radius 3 is 2.32 bits per heavy atom. The van der Waals surface area contributed by atoms with Gasteiger partial charge < -0.3 is 26.5 Å². The predicted octanol–water partition coefficient (Wildman–Crippen LogP) is -0.625. The highest BCUT2D eigenvalue weighted by atomic mass is 16.2. The van der Waals surface area contributed by atoms with Crippen molar-refractivity contribution < 1.29 is 19.2 Å². The van der Waals surface area contributed by atoms with Crippen molar-refractivity contribution >= 4 is 36.7 Å². The lowest BCUT2D eigenvalue weighted by Gasteiger charge is -2.16. The highest BCUT2D eigenvalue weighted by Gasteiger charge is 2.19. The molecular formula is C18H28BN5O4. The first kappa shape index (κ1) is 23.0. The summed E-state index contributed by atoms with van der Waals surface area (Å²) in [7, 11) is 2.05. The Hall–Kier alpha value is -3.04. The zero-order chi connectivity index (χ0) is 20.9. The fourth-order valence-corrected chi connectivity index (χ4v) is 2.46. The minimum atomic E-state index is -0.727. The van der Waals surface area contributed by atoms with Crippen molar-refractivity contribution in [3.63, 3.8) is 0 Å². The van der Waals surface area contributed by atoms with Crippen molar-refractivity contribution in [3.8, 4) is 0 Å². The van der Waals surface area contributed by atoms with Crippen LogP contribution < -0.4 is 26.5 Å². The van der Waals surface area contributed by atoms with Gasteiger partial charge in [0, 0.05) is 44.7 Å². The third-order valence-corrected chi connectivity index (χ3v) is 3.86. The molecular weight excluding hydrogens is 361 g/mol. The van der Waals surface area contributed by atoms with Gasteiger partial charge in [-0.15, -0.1) is 0 Å². The molecule has 1 aromatic rings. The zero-order valence-corrected chi connectivity index (χ0v) is 16.6. The van der Waals surface area contributed by atoms with E-state index in [0.717, 1.165) is 5.69 Å². The zero-order valence-electron chi connectivity index (χ0n) is 16.6. The van der Waals surface area contributed by atoms with E-state index in [1.165, 1.54) is 14.0 Å². The fraction of sp³-hybridized carbons (Fsp3) is 0.444. The van der Waals surface area contributed by atoms with Gasteiger partial charge in [-0.2, -0.15) is 0 Å². The molecule has 0 saturated heterocycles. The molecule has 0 fully saturated rings. The van der Waals surface area contributed by atoms with E-state index in [9.17, 15) is 19.2 Å². The summed E-state index contributed by atoms with van der Waals surface area (Å²) in [5.41, 5.74) is 1.43. The normalized spacial score (nSPS) is 11.0. The third-order valence-electron chi connectivity index (χ3n) is 3.86. The van der Waals surface area contributed by atoms with Crippen LogP contribution in [0, 0.1) is 0 Å². The van der Waals surface area contributed by atoms with Crippen LogP contribution in [0.4, 0.5) is 5.69 Å². The maximum absolute atomic E-state index is 11.9. The molecule has 28 heavy (non-hydrogen) atoms. The number of likely N-dealkylation sites (N-methyl/N-ethyl adjacent to an activating group) is 1. The maximum atomic E-state index is 11.9. The van der Waals surface area contributed by atoms with Crippen LogP contribution in [-0.4, -0.2) is 57.2 Å². The van der Waals surface area contributed by atoms with E-state index in [2.05, 4.69) is 26.5 Å².